The van der Waals surface area contributed by atoms with Crippen molar-refractivity contribution in [3.05, 3.63) is 87.5 Å². The van der Waals surface area contributed by atoms with E-state index in [4.69, 9.17) is 15.2 Å². The number of para-hydroxylation sites is 1. The lowest BCUT2D eigenvalue weighted by Crippen LogP contribution is -2.26. The number of hydrogen-bond donors (Lipinski definition) is 3. The third-order valence-electron chi connectivity index (χ3n) is 5.68. The average Bonchev–Trinajstić information content (AvgIpc) is 2.87. The number of ketones is 1. The van der Waals surface area contributed by atoms with E-state index in [-0.39, 0.29) is 23.5 Å². The molecule has 0 aromatic heterocycles. The van der Waals surface area contributed by atoms with E-state index < -0.39 is 22.8 Å². The molecule has 0 aliphatic rings. The molecule has 3 aromatic carbocycles. The molecule has 3 amide bonds. The minimum Gasteiger partial charge on any atom is -0.493 e. The van der Waals surface area contributed by atoms with Crippen molar-refractivity contribution in [2.45, 2.75) is 19.3 Å². The minimum atomic E-state index is -0.917. The number of methoxy groups -OCH3 is 2. The lowest BCUT2D eigenvalue weighted by molar-refractivity contribution is -0.384. The first-order valence-electron chi connectivity index (χ1n) is 11.1. The molecule has 11 nitrogen and oxygen atoms in total. The van der Waals surface area contributed by atoms with Gasteiger partial charge in [-0.25, -0.2) is 4.79 Å². The van der Waals surface area contributed by atoms with Gasteiger partial charge in [0.05, 0.1) is 25.1 Å². The van der Waals surface area contributed by atoms with Crippen LogP contribution in [0.2, 0.25) is 0 Å². The van der Waals surface area contributed by atoms with Gasteiger partial charge in [0.2, 0.25) is 5.91 Å². The third kappa shape index (κ3) is 6.40. The second-order valence-electron chi connectivity index (χ2n) is 8.05. The number of nitrogens with one attached hydrogen (secondary N) is 2. The van der Waals surface area contributed by atoms with Gasteiger partial charge in [0.15, 0.2) is 17.3 Å². The Kier molecular flexibility index (Phi) is 8.41. The van der Waals surface area contributed by atoms with Gasteiger partial charge in [-0.15, -0.1) is 0 Å². The highest BCUT2D eigenvalue weighted by Gasteiger charge is 2.26. The van der Waals surface area contributed by atoms with Gasteiger partial charge in [0.1, 0.15) is 0 Å². The maximum absolute atomic E-state index is 12.6. The van der Waals surface area contributed by atoms with Crippen molar-refractivity contribution in [2.24, 2.45) is 5.73 Å². The van der Waals surface area contributed by atoms with Crippen LogP contribution in [0.5, 0.6) is 11.5 Å². The Morgan fingerprint density at radius 2 is 1.59 bits per heavy atom. The molecule has 4 N–H and O–H groups in total. The minimum absolute atomic E-state index is 0.0824. The summed E-state index contributed by atoms with van der Waals surface area (Å²) in [5.74, 6) is -1.19. The highest BCUT2D eigenvalue weighted by molar-refractivity contribution is 6.01. The SMILES string of the molecule is COc1cc(C(C)=O)c(C(Cc2ccccc2NC(=O)Nc2ccc([N+](=O)[O-])cc2)C(N)=O)cc1OC. The molecule has 37 heavy (non-hydrogen) atoms. The Hall–Kier alpha value is -4.93. The quantitative estimate of drug-likeness (QED) is 0.210. The Balaban J connectivity index is 1.89. The third-order valence-corrected chi connectivity index (χ3v) is 5.68. The molecule has 0 spiro atoms. The number of rotatable bonds is 10. The number of Topliss-reactive ketones (excluding diaryl/α,β-unsaturated/α-hetero) is 1. The average molecular weight is 507 g/mol. The molecule has 1 atom stereocenters. The topological polar surface area (TPSA) is 163 Å². The Labute approximate surface area is 212 Å². The van der Waals surface area contributed by atoms with Crippen LogP contribution in [0.3, 0.4) is 0 Å². The van der Waals surface area contributed by atoms with Gasteiger partial charge in [-0.2, -0.15) is 0 Å². The largest absolute Gasteiger partial charge is 0.493 e. The van der Waals surface area contributed by atoms with E-state index >= 15 is 0 Å². The molecular weight excluding hydrogens is 480 g/mol. The van der Waals surface area contributed by atoms with E-state index in [1.807, 2.05) is 0 Å². The van der Waals surface area contributed by atoms with E-state index in [1.54, 1.807) is 30.3 Å². The molecule has 11 heteroatoms. The number of primary amides is 1. The number of anilines is 2. The summed E-state index contributed by atoms with van der Waals surface area (Å²) in [6.45, 7) is 1.38. The summed E-state index contributed by atoms with van der Waals surface area (Å²) in [6.07, 6.45) is 0.0824. The standard InChI is InChI=1S/C26H26N4O7/c1-15(31)19-13-23(36-2)24(37-3)14-20(19)21(25(27)32)12-16-6-4-5-7-22(16)29-26(33)28-17-8-10-18(11-9-17)30(34)35/h4-11,13-14,21H,12H2,1-3H3,(H2,27,32)(H2,28,29,33). The maximum atomic E-state index is 12.6. The van der Waals surface area contributed by atoms with Crippen LogP contribution in [0, 0.1) is 10.1 Å². The molecule has 192 valence electrons. The number of nitro benzene ring substituents is 1. The van der Waals surface area contributed by atoms with Crippen LogP contribution in [-0.4, -0.2) is 36.9 Å². The number of nitrogens with zero attached hydrogens (tertiary/aromatic N) is 1. The van der Waals surface area contributed by atoms with Crippen molar-refractivity contribution < 1.29 is 28.8 Å². The van der Waals surface area contributed by atoms with Gasteiger partial charge in [-0.3, -0.25) is 19.7 Å². The molecule has 0 fully saturated rings. The number of ether oxygens (including phenoxy) is 2. The first kappa shape index (κ1) is 26.7. The Morgan fingerprint density at radius 3 is 2.16 bits per heavy atom. The van der Waals surface area contributed by atoms with E-state index in [0.29, 0.717) is 34.0 Å². The van der Waals surface area contributed by atoms with E-state index in [2.05, 4.69) is 10.6 Å². The van der Waals surface area contributed by atoms with Crippen LogP contribution in [0.15, 0.2) is 60.7 Å². The number of non-ortho nitro benzene ring substituents is 1. The zero-order valence-corrected chi connectivity index (χ0v) is 20.4. The summed E-state index contributed by atoms with van der Waals surface area (Å²) in [5.41, 5.74) is 7.67. The molecule has 3 aromatic rings. The summed E-state index contributed by atoms with van der Waals surface area (Å²) in [6, 6.07) is 14.7. The van der Waals surface area contributed by atoms with Crippen LogP contribution in [0.1, 0.15) is 34.3 Å². The van der Waals surface area contributed by atoms with Crippen LogP contribution in [0.25, 0.3) is 0 Å². The molecule has 3 rings (SSSR count). The fourth-order valence-electron chi connectivity index (χ4n) is 3.84. The molecule has 0 aliphatic heterocycles. The van der Waals surface area contributed by atoms with Crippen molar-refractivity contribution in [3.8, 4) is 11.5 Å². The van der Waals surface area contributed by atoms with Crippen LogP contribution >= 0.6 is 0 Å². The fourth-order valence-corrected chi connectivity index (χ4v) is 3.84. The number of benzene rings is 3. The highest BCUT2D eigenvalue weighted by Crippen LogP contribution is 2.36. The molecule has 1 unspecified atom stereocenters. The van der Waals surface area contributed by atoms with E-state index in [1.165, 1.54) is 51.5 Å². The number of carbonyl (C=O) groups is 3. The number of amides is 3. The lowest BCUT2D eigenvalue weighted by Gasteiger charge is -2.21. The number of carbonyl (C=O) groups excluding carboxylic acids is 3. The van der Waals surface area contributed by atoms with Gasteiger partial charge in [0.25, 0.3) is 5.69 Å². The second-order valence-corrected chi connectivity index (χ2v) is 8.05. The Morgan fingerprint density at radius 1 is 0.973 bits per heavy atom. The molecule has 0 radical (unpaired) electrons. The second kappa shape index (κ2) is 11.7. The Bertz CT molecular complexity index is 1340. The van der Waals surface area contributed by atoms with Crippen molar-refractivity contribution in [1.29, 1.82) is 0 Å². The molecule has 0 saturated carbocycles. The molecule has 0 aliphatic carbocycles. The van der Waals surface area contributed by atoms with Gasteiger partial charge in [-0.1, -0.05) is 18.2 Å². The van der Waals surface area contributed by atoms with E-state index in [0.717, 1.165) is 0 Å². The smallest absolute Gasteiger partial charge is 0.323 e. The first-order valence-corrected chi connectivity index (χ1v) is 11.1. The zero-order valence-electron chi connectivity index (χ0n) is 20.4. The number of hydrogen-bond acceptors (Lipinski definition) is 7. The molecular formula is C26H26N4O7. The van der Waals surface area contributed by atoms with Crippen molar-refractivity contribution >= 4 is 34.8 Å². The number of nitrogens with two attached hydrogens (primary N) is 1. The molecule has 0 heterocycles. The predicted octanol–water partition coefficient (Wildman–Crippen LogP) is 4.27. The van der Waals surface area contributed by atoms with Crippen molar-refractivity contribution in [1.82, 2.24) is 0 Å². The fraction of sp³-hybridized carbons (Fsp3) is 0.192. The lowest BCUT2D eigenvalue weighted by atomic mass is 9.86. The van der Waals surface area contributed by atoms with Crippen LogP contribution in [0.4, 0.5) is 21.9 Å². The molecule has 0 bridgehead atoms. The summed E-state index contributed by atoms with van der Waals surface area (Å²) < 4.78 is 10.6. The van der Waals surface area contributed by atoms with Crippen LogP contribution < -0.4 is 25.8 Å². The molecule has 0 saturated heterocycles. The maximum Gasteiger partial charge on any atom is 0.323 e. The van der Waals surface area contributed by atoms with Gasteiger partial charge >= 0.3 is 6.03 Å². The number of nitro groups is 1. The normalized spacial score (nSPS) is 11.2. The van der Waals surface area contributed by atoms with E-state index in [9.17, 15) is 24.5 Å². The summed E-state index contributed by atoms with van der Waals surface area (Å²) in [7, 11) is 2.88. The zero-order chi connectivity index (χ0) is 27.1. The summed E-state index contributed by atoms with van der Waals surface area (Å²) >= 11 is 0. The van der Waals surface area contributed by atoms with Crippen LogP contribution in [-0.2, 0) is 11.2 Å². The van der Waals surface area contributed by atoms with Gasteiger partial charge < -0.3 is 25.8 Å². The van der Waals surface area contributed by atoms with Crippen molar-refractivity contribution in [3.63, 3.8) is 0 Å². The highest BCUT2D eigenvalue weighted by atomic mass is 16.6. The summed E-state index contributed by atoms with van der Waals surface area (Å²) in [5, 5.41) is 16.1. The predicted molar refractivity (Wildman–Crippen MR) is 137 cm³/mol. The van der Waals surface area contributed by atoms with Gasteiger partial charge in [-0.05, 0) is 54.8 Å². The van der Waals surface area contributed by atoms with Gasteiger partial charge in [0, 0.05) is 29.1 Å². The summed E-state index contributed by atoms with van der Waals surface area (Å²) in [4.78, 5) is 47.9. The number of urea groups is 1. The van der Waals surface area contributed by atoms with Crippen molar-refractivity contribution in [2.75, 3.05) is 24.9 Å². The monoisotopic (exact) mass is 506 g/mol. The first-order chi connectivity index (χ1) is 17.6.